The monoisotopic (exact) mass is 282 g/mol. The number of rotatable bonds is 4. The van der Waals surface area contributed by atoms with Gasteiger partial charge in [0.25, 0.3) is 0 Å². The zero-order valence-electron chi connectivity index (χ0n) is 10.7. The number of hydrogen-bond donors (Lipinski definition) is 2. The standard InChI is InChI=1S/C13H18N2O3S/c16-19(17,9-12-2-1-7-18-12)15-11-3-4-13-10(8-11)5-6-14-13/h3-4,8,12,14-15H,1-2,5-7,9H2. The lowest BCUT2D eigenvalue weighted by molar-refractivity contribution is 0.127. The van der Waals surface area contributed by atoms with Gasteiger partial charge in [-0.1, -0.05) is 0 Å². The van der Waals surface area contributed by atoms with Gasteiger partial charge in [-0.2, -0.15) is 0 Å². The van der Waals surface area contributed by atoms with Crippen LogP contribution in [0.5, 0.6) is 0 Å². The van der Waals surface area contributed by atoms with Gasteiger partial charge in [0.05, 0.1) is 11.9 Å². The quantitative estimate of drug-likeness (QED) is 0.880. The predicted octanol–water partition coefficient (Wildman–Crippen LogP) is 1.58. The van der Waals surface area contributed by atoms with E-state index >= 15 is 0 Å². The summed E-state index contributed by atoms with van der Waals surface area (Å²) in [5.74, 6) is 0.0440. The molecule has 0 amide bonds. The zero-order valence-corrected chi connectivity index (χ0v) is 11.5. The first kappa shape index (κ1) is 12.7. The fourth-order valence-electron chi connectivity index (χ4n) is 2.61. The molecule has 2 aliphatic heterocycles. The SMILES string of the molecule is O=S(=O)(CC1CCCO1)Nc1ccc2c(c1)CCN2. The number of nitrogens with one attached hydrogen (secondary N) is 2. The fourth-order valence-corrected chi connectivity index (χ4v) is 3.93. The molecule has 1 fully saturated rings. The molecule has 3 rings (SSSR count). The summed E-state index contributed by atoms with van der Waals surface area (Å²) in [6.45, 7) is 1.59. The number of ether oxygens (including phenoxy) is 1. The largest absolute Gasteiger partial charge is 0.384 e. The van der Waals surface area contributed by atoms with Crippen molar-refractivity contribution in [2.24, 2.45) is 0 Å². The second kappa shape index (κ2) is 5.02. The average Bonchev–Trinajstić information content (AvgIpc) is 2.97. The lowest BCUT2D eigenvalue weighted by Gasteiger charge is -2.12. The van der Waals surface area contributed by atoms with Crippen LogP contribution in [-0.4, -0.2) is 33.4 Å². The summed E-state index contributed by atoms with van der Waals surface area (Å²) in [5.41, 5.74) is 2.90. The van der Waals surface area contributed by atoms with Crippen LogP contribution in [-0.2, 0) is 21.2 Å². The third-order valence-corrected chi connectivity index (χ3v) is 4.88. The summed E-state index contributed by atoms with van der Waals surface area (Å²) in [4.78, 5) is 0. The highest BCUT2D eigenvalue weighted by molar-refractivity contribution is 7.92. The molecule has 2 aliphatic rings. The van der Waals surface area contributed by atoms with Crippen molar-refractivity contribution in [3.05, 3.63) is 23.8 Å². The molecular formula is C13H18N2O3S. The molecule has 104 valence electrons. The zero-order chi connectivity index (χ0) is 13.3. The van der Waals surface area contributed by atoms with Crippen LogP contribution in [0.2, 0.25) is 0 Å². The minimum atomic E-state index is -3.33. The highest BCUT2D eigenvalue weighted by atomic mass is 32.2. The van der Waals surface area contributed by atoms with E-state index in [4.69, 9.17) is 4.74 Å². The molecule has 1 unspecified atom stereocenters. The number of benzene rings is 1. The lowest BCUT2D eigenvalue weighted by atomic mass is 10.1. The molecule has 6 heteroatoms. The summed E-state index contributed by atoms with van der Waals surface area (Å²) in [5, 5.41) is 3.25. The van der Waals surface area contributed by atoms with Crippen molar-refractivity contribution < 1.29 is 13.2 Å². The van der Waals surface area contributed by atoms with E-state index in [1.165, 1.54) is 0 Å². The van der Waals surface area contributed by atoms with Crippen molar-refractivity contribution >= 4 is 21.4 Å². The summed E-state index contributed by atoms with van der Waals surface area (Å²) in [7, 11) is -3.33. The van der Waals surface area contributed by atoms with E-state index in [-0.39, 0.29) is 11.9 Å². The second-order valence-electron chi connectivity index (χ2n) is 5.07. The van der Waals surface area contributed by atoms with Crippen LogP contribution < -0.4 is 10.0 Å². The molecule has 1 atom stereocenters. The Kier molecular flexibility index (Phi) is 3.36. The summed E-state index contributed by atoms with van der Waals surface area (Å²) in [6, 6.07) is 5.62. The molecule has 2 N–H and O–H groups in total. The second-order valence-corrected chi connectivity index (χ2v) is 6.83. The van der Waals surface area contributed by atoms with Crippen molar-refractivity contribution in [2.75, 3.05) is 28.9 Å². The Morgan fingerprint density at radius 2 is 2.32 bits per heavy atom. The molecule has 19 heavy (non-hydrogen) atoms. The summed E-state index contributed by atoms with van der Waals surface area (Å²) < 4.78 is 32.1. The van der Waals surface area contributed by atoms with Crippen molar-refractivity contribution in [2.45, 2.75) is 25.4 Å². The van der Waals surface area contributed by atoms with E-state index in [0.29, 0.717) is 12.3 Å². The van der Waals surface area contributed by atoms with Crippen LogP contribution in [0, 0.1) is 0 Å². The third kappa shape index (κ3) is 3.01. The molecule has 1 aromatic rings. The Hall–Kier alpha value is -1.27. The number of fused-ring (bicyclic) bond motifs is 1. The molecule has 2 heterocycles. The van der Waals surface area contributed by atoms with Crippen LogP contribution in [0.15, 0.2) is 18.2 Å². The predicted molar refractivity (Wildman–Crippen MR) is 75.0 cm³/mol. The topological polar surface area (TPSA) is 67.4 Å². The van der Waals surface area contributed by atoms with Gasteiger partial charge < -0.3 is 10.1 Å². The molecule has 0 bridgehead atoms. The van der Waals surface area contributed by atoms with Crippen molar-refractivity contribution in [1.82, 2.24) is 0 Å². The molecule has 1 saturated heterocycles. The van der Waals surface area contributed by atoms with Gasteiger partial charge in [0.1, 0.15) is 0 Å². The van der Waals surface area contributed by atoms with E-state index in [1.807, 2.05) is 12.1 Å². The molecule has 0 saturated carbocycles. The molecule has 5 nitrogen and oxygen atoms in total. The number of anilines is 2. The van der Waals surface area contributed by atoms with Crippen LogP contribution in [0.25, 0.3) is 0 Å². The molecule has 0 aromatic heterocycles. The van der Waals surface area contributed by atoms with Gasteiger partial charge in [-0.15, -0.1) is 0 Å². The first-order valence-electron chi connectivity index (χ1n) is 6.61. The maximum atomic E-state index is 12.0. The Morgan fingerprint density at radius 3 is 3.11 bits per heavy atom. The molecule has 0 aliphatic carbocycles. The van der Waals surface area contributed by atoms with Gasteiger partial charge in [-0.05, 0) is 43.0 Å². The Morgan fingerprint density at radius 1 is 1.42 bits per heavy atom. The fraction of sp³-hybridized carbons (Fsp3) is 0.538. The van der Waals surface area contributed by atoms with Gasteiger partial charge in [-0.25, -0.2) is 8.42 Å². The Balaban J connectivity index is 1.69. The molecule has 1 aromatic carbocycles. The third-order valence-electron chi connectivity index (χ3n) is 3.52. The van der Waals surface area contributed by atoms with E-state index in [0.717, 1.165) is 37.1 Å². The first-order valence-corrected chi connectivity index (χ1v) is 8.26. The average molecular weight is 282 g/mol. The van der Waals surface area contributed by atoms with Gasteiger partial charge in [0, 0.05) is 24.5 Å². The van der Waals surface area contributed by atoms with Crippen molar-refractivity contribution in [3.8, 4) is 0 Å². The van der Waals surface area contributed by atoms with Crippen molar-refractivity contribution in [1.29, 1.82) is 0 Å². The van der Waals surface area contributed by atoms with Crippen LogP contribution >= 0.6 is 0 Å². The maximum Gasteiger partial charge on any atom is 0.235 e. The first-order chi connectivity index (χ1) is 9.12. The lowest BCUT2D eigenvalue weighted by Crippen LogP contribution is -2.25. The number of hydrogen-bond acceptors (Lipinski definition) is 4. The van der Waals surface area contributed by atoms with Gasteiger partial charge in [0.15, 0.2) is 0 Å². The van der Waals surface area contributed by atoms with Crippen molar-refractivity contribution in [3.63, 3.8) is 0 Å². The van der Waals surface area contributed by atoms with E-state index in [1.54, 1.807) is 6.07 Å². The van der Waals surface area contributed by atoms with Crippen LogP contribution in [0.1, 0.15) is 18.4 Å². The summed E-state index contributed by atoms with van der Waals surface area (Å²) >= 11 is 0. The number of sulfonamides is 1. The Bertz CT molecular complexity index is 565. The maximum absolute atomic E-state index is 12.0. The minimum Gasteiger partial charge on any atom is -0.384 e. The highest BCUT2D eigenvalue weighted by Crippen LogP contribution is 2.26. The van der Waals surface area contributed by atoms with E-state index in [2.05, 4.69) is 10.0 Å². The molecule has 0 spiro atoms. The van der Waals surface area contributed by atoms with E-state index in [9.17, 15) is 8.42 Å². The van der Waals surface area contributed by atoms with Gasteiger partial charge in [-0.3, -0.25) is 4.72 Å². The van der Waals surface area contributed by atoms with Gasteiger partial charge >= 0.3 is 0 Å². The molecule has 0 radical (unpaired) electrons. The van der Waals surface area contributed by atoms with Crippen LogP contribution in [0.4, 0.5) is 11.4 Å². The summed E-state index contributed by atoms with van der Waals surface area (Å²) in [6.07, 6.45) is 2.56. The smallest absolute Gasteiger partial charge is 0.235 e. The van der Waals surface area contributed by atoms with Gasteiger partial charge in [0.2, 0.25) is 10.0 Å². The normalized spacial score (nSPS) is 22.0. The highest BCUT2D eigenvalue weighted by Gasteiger charge is 2.23. The molecular weight excluding hydrogens is 264 g/mol. The van der Waals surface area contributed by atoms with E-state index < -0.39 is 10.0 Å². The van der Waals surface area contributed by atoms with Crippen LogP contribution in [0.3, 0.4) is 0 Å². The Labute approximate surface area is 113 Å². The minimum absolute atomic E-state index is 0.0440.